The molecule has 0 fully saturated rings. The van der Waals surface area contributed by atoms with Gasteiger partial charge in [-0.05, 0) is 24.6 Å². The number of halogens is 1. The van der Waals surface area contributed by atoms with Crippen LogP contribution < -0.4 is 0 Å². The minimum absolute atomic E-state index is 0.134. The first-order valence-electron chi connectivity index (χ1n) is 9.59. The Morgan fingerprint density at radius 3 is 2.38 bits per heavy atom. The zero-order chi connectivity index (χ0) is 18.4. The molecule has 0 aliphatic heterocycles. The molecule has 0 saturated carbocycles. The molecule has 0 aliphatic carbocycles. The van der Waals surface area contributed by atoms with Crippen molar-refractivity contribution in [1.29, 1.82) is 0 Å². The van der Waals surface area contributed by atoms with Crippen LogP contribution in [0.25, 0.3) is 10.9 Å². The predicted octanol–water partition coefficient (Wildman–Crippen LogP) is 6.37. The zero-order valence-corrected chi connectivity index (χ0v) is 15.4. The summed E-state index contributed by atoms with van der Waals surface area (Å²) in [7, 11) is 0. The number of fused-ring (bicyclic) bond motifs is 1. The Labute approximate surface area is 154 Å². The second-order valence-electron chi connectivity index (χ2n) is 6.83. The molecule has 2 aromatic carbocycles. The third-order valence-electron chi connectivity index (χ3n) is 4.90. The maximum absolute atomic E-state index is 14.1. The number of hydrogen-bond donors (Lipinski definition) is 0. The van der Waals surface area contributed by atoms with Gasteiger partial charge in [-0.3, -0.25) is 4.79 Å². The van der Waals surface area contributed by atoms with Gasteiger partial charge in [0.2, 0.25) is 0 Å². The Hall–Kier alpha value is -2.42. The topological polar surface area (TPSA) is 22.0 Å². The molecule has 2 nitrogen and oxygen atoms in total. The summed E-state index contributed by atoms with van der Waals surface area (Å²) in [6.45, 7) is 3.11. The molecule has 3 heteroatoms. The number of unbranched alkanes of at least 4 members (excludes halogenated alkanes) is 5. The molecule has 1 heterocycles. The normalized spacial score (nSPS) is 11.2. The van der Waals surface area contributed by atoms with Gasteiger partial charge >= 0.3 is 0 Å². The van der Waals surface area contributed by atoms with Crippen molar-refractivity contribution in [3.63, 3.8) is 0 Å². The van der Waals surface area contributed by atoms with Crippen LogP contribution >= 0.6 is 0 Å². The average Bonchev–Trinajstić information content (AvgIpc) is 3.03. The van der Waals surface area contributed by atoms with Gasteiger partial charge in [-0.2, -0.15) is 0 Å². The number of aryl methyl sites for hydroxylation is 1. The molecule has 0 spiro atoms. The molecule has 0 amide bonds. The molecule has 1 aromatic heterocycles. The predicted molar refractivity (Wildman–Crippen MR) is 105 cm³/mol. The first-order valence-corrected chi connectivity index (χ1v) is 9.59. The van der Waals surface area contributed by atoms with E-state index >= 15 is 0 Å². The van der Waals surface area contributed by atoms with Crippen molar-refractivity contribution in [3.05, 3.63) is 71.7 Å². The van der Waals surface area contributed by atoms with Gasteiger partial charge in [-0.25, -0.2) is 4.39 Å². The Bertz CT molecular complexity index is 881. The van der Waals surface area contributed by atoms with Gasteiger partial charge < -0.3 is 4.57 Å². The van der Waals surface area contributed by atoms with Gasteiger partial charge in [0.05, 0.1) is 5.56 Å². The fourth-order valence-electron chi connectivity index (χ4n) is 3.47. The highest BCUT2D eigenvalue weighted by molar-refractivity contribution is 6.16. The summed E-state index contributed by atoms with van der Waals surface area (Å²) in [5.74, 6) is -0.716. The van der Waals surface area contributed by atoms with Crippen LogP contribution in [0.15, 0.2) is 54.7 Å². The van der Waals surface area contributed by atoms with Gasteiger partial charge in [0.25, 0.3) is 0 Å². The highest BCUT2D eigenvalue weighted by Crippen LogP contribution is 2.25. The molecule has 3 aromatic rings. The molecule has 3 rings (SSSR count). The van der Waals surface area contributed by atoms with Crippen molar-refractivity contribution in [2.45, 2.75) is 52.0 Å². The summed E-state index contributed by atoms with van der Waals surface area (Å²) >= 11 is 0. The number of para-hydroxylation sites is 1. The number of hydrogen-bond acceptors (Lipinski definition) is 1. The van der Waals surface area contributed by atoms with Crippen LogP contribution in [0.3, 0.4) is 0 Å². The minimum Gasteiger partial charge on any atom is -0.347 e. The molecular weight excluding hydrogens is 325 g/mol. The summed E-state index contributed by atoms with van der Waals surface area (Å²) in [6.07, 6.45) is 9.29. The van der Waals surface area contributed by atoms with E-state index in [-0.39, 0.29) is 11.3 Å². The van der Waals surface area contributed by atoms with Crippen LogP contribution in [0, 0.1) is 5.82 Å². The summed E-state index contributed by atoms with van der Waals surface area (Å²) in [5.41, 5.74) is 1.76. The lowest BCUT2D eigenvalue weighted by Gasteiger charge is -2.05. The van der Waals surface area contributed by atoms with Crippen molar-refractivity contribution in [2.24, 2.45) is 0 Å². The number of ketones is 1. The Morgan fingerprint density at radius 2 is 1.58 bits per heavy atom. The number of benzene rings is 2. The van der Waals surface area contributed by atoms with Gasteiger partial charge in [0.1, 0.15) is 5.82 Å². The largest absolute Gasteiger partial charge is 0.347 e. The molecule has 0 unspecified atom stereocenters. The van der Waals surface area contributed by atoms with E-state index in [0.29, 0.717) is 5.56 Å². The maximum Gasteiger partial charge on any atom is 0.198 e. The van der Waals surface area contributed by atoms with E-state index in [9.17, 15) is 9.18 Å². The van der Waals surface area contributed by atoms with Gasteiger partial charge in [-0.1, -0.05) is 69.4 Å². The summed E-state index contributed by atoms with van der Waals surface area (Å²) in [5, 5.41) is 0.895. The van der Waals surface area contributed by atoms with E-state index in [1.807, 2.05) is 30.5 Å². The fraction of sp³-hybridized carbons (Fsp3) is 0.348. The molecule has 0 atom stereocenters. The van der Waals surface area contributed by atoms with E-state index in [0.717, 1.165) is 23.9 Å². The van der Waals surface area contributed by atoms with E-state index < -0.39 is 5.82 Å². The highest BCUT2D eigenvalue weighted by atomic mass is 19.1. The highest BCUT2D eigenvalue weighted by Gasteiger charge is 2.18. The van der Waals surface area contributed by atoms with Crippen LogP contribution in [0.2, 0.25) is 0 Å². The maximum atomic E-state index is 14.1. The first-order chi connectivity index (χ1) is 12.7. The van der Waals surface area contributed by atoms with E-state index in [4.69, 9.17) is 0 Å². The number of aromatic nitrogens is 1. The SMILES string of the molecule is CCCCCCCCn1cc(C(=O)c2ccccc2F)c2ccccc21. The number of rotatable bonds is 9. The second-order valence-corrected chi connectivity index (χ2v) is 6.83. The third kappa shape index (κ3) is 4.04. The molecule has 0 radical (unpaired) electrons. The molecule has 0 aliphatic rings. The molecule has 0 N–H and O–H groups in total. The molecule has 0 saturated heterocycles. The lowest BCUT2D eigenvalue weighted by Crippen LogP contribution is -2.03. The average molecular weight is 351 g/mol. The smallest absolute Gasteiger partial charge is 0.198 e. The Balaban J connectivity index is 1.81. The van der Waals surface area contributed by atoms with Crippen molar-refractivity contribution in [3.8, 4) is 0 Å². The van der Waals surface area contributed by atoms with Crippen molar-refractivity contribution in [1.82, 2.24) is 4.57 Å². The molecule has 136 valence electrons. The van der Waals surface area contributed by atoms with Gasteiger partial charge in [0, 0.05) is 29.2 Å². The molecule has 0 bridgehead atoms. The van der Waals surface area contributed by atoms with Crippen LogP contribution in [-0.2, 0) is 6.54 Å². The van der Waals surface area contributed by atoms with Crippen LogP contribution in [0.4, 0.5) is 4.39 Å². The van der Waals surface area contributed by atoms with Gasteiger partial charge in [0.15, 0.2) is 5.78 Å². The quantitative estimate of drug-likeness (QED) is 0.324. The van der Waals surface area contributed by atoms with Crippen LogP contribution in [0.1, 0.15) is 61.4 Å². The fourth-order valence-corrected chi connectivity index (χ4v) is 3.47. The lowest BCUT2D eigenvalue weighted by atomic mass is 10.0. The number of carbonyl (C=O) groups excluding carboxylic acids is 1. The monoisotopic (exact) mass is 351 g/mol. The Kier molecular flexibility index (Phi) is 6.21. The molecular formula is C23H26FNO. The first kappa shape index (κ1) is 18.4. The Morgan fingerprint density at radius 1 is 0.885 bits per heavy atom. The summed E-state index contributed by atoms with van der Waals surface area (Å²) in [4.78, 5) is 12.9. The molecule has 26 heavy (non-hydrogen) atoms. The van der Waals surface area contributed by atoms with Crippen molar-refractivity contribution in [2.75, 3.05) is 0 Å². The number of nitrogens with zero attached hydrogens (tertiary/aromatic N) is 1. The van der Waals surface area contributed by atoms with Crippen LogP contribution in [0.5, 0.6) is 0 Å². The standard InChI is InChI=1S/C23H26FNO/c1-2-3-4-5-6-11-16-25-17-20(18-12-8-10-15-22(18)25)23(26)19-13-7-9-14-21(19)24/h7-10,12-15,17H,2-6,11,16H2,1H3. The van der Waals surface area contributed by atoms with E-state index in [1.54, 1.807) is 18.2 Å². The van der Waals surface area contributed by atoms with Crippen LogP contribution in [-0.4, -0.2) is 10.4 Å². The van der Waals surface area contributed by atoms with E-state index in [2.05, 4.69) is 11.5 Å². The van der Waals surface area contributed by atoms with E-state index in [1.165, 1.54) is 38.2 Å². The lowest BCUT2D eigenvalue weighted by molar-refractivity contribution is 0.103. The van der Waals surface area contributed by atoms with Crippen molar-refractivity contribution < 1.29 is 9.18 Å². The van der Waals surface area contributed by atoms with Crippen molar-refractivity contribution >= 4 is 16.7 Å². The second kappa shape index (κ2) is 8.79. The van der Waals surface area contributed by atoms with Gasteiger partial charge in [-0.15, -0.1) is 0 Å². The summed E-state index contributed by atoms with van der Waals surface area (Å²) in [6, 6.07) is 14.1. The number of carbonyl (C=O) groups is 1. The zero-order valence-electron chi connectivity index (χ0n) is 15.4. The summed E-state index contributed by atoms with van der Waals surface area (Å²) < 4.78 is 16.2. The minimum atomic E-state index is -0.467. The third-order valence-corrected chi connectivity index (χ3v) is 4.90.